The van der Waals surface area contributed by atoms with Gasteiger partial charge in [0.15, 0.2) is 0 Å². The molecule has 24 heavy (non-hydrogen) atoms. The molecule has 2 aromatic rings. The number of nitrogens with one attached hydrogen (secondary N) is 2. The molecule has 0 radical (unpaired) electrons. The lowest BCUT2D eigenvalue weighted by Gasteiger charge is -2.16. The van der Waals surface area contributed by atoms with Gasteiger partial charge in [0.05, 0.1) is 24.4 Å². The number of nitrogens with zero attached hydrogens (tertiary/aromatic N) is 3. The van der Waals surface area contributed by atoms with E-state index < -0.39 is 0 Å². The van der Waals surface area contributed by atoms with Crippen molar-refractivity contribution in [1.82, 2.24) is 25.4 Å². The van der Waals surface area contributed by atoms with Crippen molar-refractivity contribution in [3.05, 3.63) is 34.0 Å². The van der Waals surface area contributed by atoms with Crippen molar-refractivity contribution >= 4 is 17.2 Å². The molecule has 6 nitrogen and oxygen atoms in total. The molecule has 0 aliphatic carbocycles. The molecule has 7 heteroatoms. The Kier molecular flexibility index (Phi) is 4.73. The summed E-state index contributed by atoms with van der Waals surface area (Å²) in [5.74, 6) is 0.206. The van der Waals surface area contributed by atoms with Crippen LogP contribution in [0.3, 0.4) is 0 Å². The maximum atomic E-state index is 12.6. The molecule has 0 unspecified atom stereocenters. The zero-order valence-electron chi connectivity index (χ0n) is 14.7. The van der Waals surface area contributed by atoms with Crippen LogP contribution in [-0.2, 0) is 23.8 Å². The molecule has 2 aromatic heterocycles. The van der Waals surface area contributed by atoms with Crippen LogP contribution in [-0.4, -0.2) is 33.8 Å². The molecule has 1 saturated heterocycles. The van der Waals surface area contributed by atoms with Crippen molar-refractivity contribution in [2.24, 2.45) is 13.0 Å². The molecule has 0 saturated carbocycles. The van der Waals surface area contributed by atoms with E-state index >= 15 is 0 Å². The molecule has 130 valence electrons. The van der Waals surface area contributed by atoms with Crippen LogP contribution in [0.15, 0.2) is 17.8 Å². The van der Waals surface area contributed by atoms with Crippen molar-refractivity contribution in [2.75, 3.05) is 13.1 Å². The normalized spacial score (nSPS) is 21.2. The molecular formula is C17H25N5OS. The first kappa shape index (κ1) is 17.1. The Morgan fingerprint density at radius 2 is 2.25 bits per heavy atom. The maximum absolute atomic E-state index is 12.6. The second kappa shape index (κ2) is 6.64. The third kappa shape index (κ3) is 3.67. The Balaban J connectivity index is 1.61. The second-order valence-electron chi connectivity index (χ2n) is 7.41. The standard InChI is InChI=1S/C17H25N5OS/c1-17(2,3)14-10-24-15(21-14)8-19-16(23)13-7-18-6-12(13)11-5-20-22(4)9-11/h5,9-10,12-13,18H,6-8H2,1-4H3,(H,19,23)/t12-,13+/m1/s1. The van der Waals surface area contributed by atoms with Crippen LogP contribution >= 0.6 is 11.3 Å². The van der Waals surface area contributed by atoms with Gasteiger partial charge in [-0.3, -0.25) is 9.48 Å². The third-order valence-corrected chi connectivity index (χ3v) is 5.29. The number of hydrogen-bond donors (Lipinski definition) is 2. The summed E-state index contributed by atoms with van der Waals surface area (Å²) < 4.78 is 1.78. The van der Waals surface area contributed by atoms with Gasteiger partial charge in [-0.25, -0.2) is 4.98 Å². The van der Waals surface area contributed by atoms with E-state index in [9.17, 15) is 4.79 Å². The Morgan fingerprint density at radius 3 is 2.88 bits per heavy atom. The summed E-state index contributed by atoms with van der Waals surface area (Å²) in [5, 5.41) is 13.6. The largest absolute Gasteiger partial charge is 0.349 e. The molecule has 3 heterocycles. The number of aryl methyl sites for hydroxylation is 1. The second-order valence-corrected chi connectivity index (χ2v) is 8.36. The maximum Gasteiger partial charge on any atom is 0.225 e. The monoisotopic (exact) mass is 347 g/mol. The first-order valence-corrected chi connectivity index (χ1v) is 9.14. The van der Waals surface area contributed by atoms with Crippen molar-refractivity contribution in [3.63, 3.8) is 0 Å². The average Bonchev–Trinajstić information content (AvgIpc) is 3.23. The number of rotatable bonds is 4. The molecule has 3 rings (SSSR count). The topological polar surface area (TPSA) is 71.8 Å². The molecule has 1 fully saturated rings. The van der Waals surface area contributed by atoms with Crippen molar-refractivity contribution in [3.8, 4) is 0 Å². The molecule has 1 aliphatic heterocycles. The van der Waals surface area contributed by atoms with Crippen LogP contribution in [0, 0.1) is 5.92 Å². The van der Waals surface area contributed by atoms with Crippen LogP contribution in [0.4, 0.5) is 0 Å². The van der Waals surface area contributed by atoms with Gasteiger partial charge in [-0.2, -0.15) is 5.10 Å². The summed E-state index contributed by atoms with van der Waals surface area (Å²) in [4.78, 5) is 17.2. The summed E-state index contributed by atoms with van der Waals surface area (Å²) in [6.07, 6.45) is 3.85. The number of carbonyl (C=O) groups excluding carboxylic acids is 1. The fraction of sp³-hybridized carbons (Fsp3) is 0.588. The lowest BCUT2D eigenvalue weighted by Crippen LogP contribution is -2.34. The molecular weight excluding hydrogens is 322 g/mol. The highest BCUT2D eigenvalue weighted by molar-refractivity contribution is 7.09. The van der Waals surface area contributed by atoms with Crippen LogP contribution in [0.5, 0.6) is 0 Å². The predicted molar refractivity (Wildman–Crippen MR) is 95.0 cm³/mol. The van der Waals surface area contributed by atoms with Crippen molar-refractivity contribution < 1.29 is 4.79 Å². The minimum Gasteiger partial charge on any atom is -0.349 e. The number of amides is 1. The zero-order valence-corrected chi connectivity index (χ0v) is 15.5. The van der Waals surface area contributed by atoms with E-state index in [1.54, 1.807) is 16.0 Å². The first-order valence-electron chi connectivity index (χ1n) is 8.26. The lowest BCUT2D eigenvalue weighted by atomic mass is 9.90. The first-order chi connectivity index (χ1) is 11.3. The predicted octanol–water partition coefficient (Wildman–Crippen LogP) is 1.79. The number of hydrogen-bond acceptors (Lipinski definition) is 5. The summed E-state index contributed by atoms with van der Waals surface area (Å²) in [7, 11) is 1.90. The van der Waals surface area contributed by atoms with Gasteiger partial charge in [-0.05, 0) is 5.56 Å². The highest BCUT2D eigenvalue weighted by atomic mass is 32.1. The van der Waals surface area contributed by atoms with Gasteiger partial charge >= 0.3 is 0 Å². The minimum atomic E-state index is -0.0590. The van der Waals surface area contributed by atoms with Gasteiger partial charge in [0.25, 0.3) is 0 Å². The minimum absolute atomic E-state index is 0.0412. The molecule has 1 amide bonds. The summed E-state index contributed by atoms with van der Waals surface area (Å²) in [5.41, 5.74) is 2.24. The summed E-state index contributed by atoms with van der Waals surface area (Å²) >= 11 is 1.61. The lowest BCUT2D eigenvalue weighted by molar-refractivity contribution is -0.125. The molecule has 0 aromatic carbocycles. The fourth-order valence-corrected chi connectivity index (χ4v) is 3.93. The highest BCUT2D eigenvalue weighted by Crippen LogP contribution is 2.28. The number of carbonyl (C=O) groups is 1. The van der Waals surface area contributed by atoms with Crippen LogP contribution in [0.1, 0.15) is 43.0 Å². The summed E-state index contributed by atoms with van der Waals surface area (Å²) in [6.45, 7) is 8.45. The van der Waals surface area contributed by atoms with Crippen LogP contribution < -0.4 is 10.6 Å². The van der Waals surface area contributed by atoms with E-state index in [2.05, 4.69) is 46.9 Å². The smallest absolute Gasteiger partial charge is 0.225 e. The molecule has 2 N–H and O–H groups in total. The van der Waals surface area contributed by atoms with Gasteiger partial charge in [0.2, 0.25) is 5.91 Å². The van der Waals surface area contributed by atoms with Crippen LogP contribution in [0.25, 0.3) is 0 Å². The quantitative estimate of drug-likeness (QED) is 0.885. The van der Waals surface area contributed by atoms with E-state index in [0.29, 0.717) is 13.1 Å². The van der Waals surface area contributed by atoms with E-state index in [4.69, 9.17) is 0 Å². The zero-order chi connectivity index (χ0) is 17.3. The summed E-state index contributed by atoms with van der Waals surface area (Å²) in [6, 6.07) is 0. The Bertz CT molecular complexity index is 715. The van der Waals surface area contributed by atoms with Gasteiger partial charge in [-0.1, -0.05) is 20.8 Å². The molecule has 0 bridgehead atoms. The number of aromatic nitrogens is 3. The average molecular weight is 347 g/mol. The molecule has 2 atom stereocenters. The Morgan fingerprint density at radius 1 is 1.46 bits per heavy atom. The Labute approximate surface area is 146 Å². The molecule has 1 aliphatic rings. The van der Waals surface area contributed by atoms with E-state index in [1.807, 2.05) is 19.4 Å². The van der Waals surface area contributed by atoms with Gasteiger partial charge in [0, 0.05) is 43.0 Å². The van der Waals surface area contributed by atoms with Crippen molar-refractivity contribution in [1.29, 1.82) is 0 Å². The van der Waals surface area contributed by atoms with Crippen LogP contribution in [0.2, 0.25) is 0 Å². The molecule has 0 spiro atoms. The number of thiazole rings is 1. The van der Waals surface area contributed by atoms with E-state index in [-0.39, 0.29) is 23.2 Å². The Hall–Kier alpha value is -1.73. The third-order valence-electron chi connectivity index (χ3n) is 4.44. The van der Waals surface area contributed by atoms with Gasteiger partial charge < -0.3 is 10.6 Å². The highest BCUT2D eigenvalue weighted by Gasteiger charge is 2.34. The fourth-order valence-electron chi connectivity index (χ4n) is 2.97. The SMILES string of the molecule is Cn1cc([C@H]2CNC[C@@H]2C(=O)NCc2nc(C(C)(C)C)cs2)cn1. The van der Waals surface area contributed by atoms with Crippen molar-refractivity contribution in [2.45, 2.75) is 38.6 Å². The van der Waals surface area contributed by atoms with Gasteiger partial charge in [0.1, 0.15) is 5.01 Å². The van der Waals surface area contributed by atoms with E-state index in [1.165, 1.54) is 0 Å². The van der Waals surface area contributed by atoms with Gasteiger partial charge in [-0.15, -0.1) is 11.3 Å². The van der Waals surface area contributed by atoms with E-state index in [0.717, 1.165) is 22.8 Å².